The number of benzene rings is 1. The number of aromatic nitrogens is 1. The van der Waals surface area contributed by atoms with E-state index in [4.69, 9.17) is 28.4 Å². The van der Waals surface area contributed by atoms with Crippen LogP contribution >= 0.6 is 0 Å². The minimum atomic E-state index is -5.17. The molecule has 0 saturated heterocycles. The van der Waals surface area contributed by atoms with Gasteiger partial charge >= 0.3 is 5.97 Å². The zero-order valence-electron chi connectivity index (χ0n) is 11.1. The van der Waals surface area contributed by atoms with Gasteiger partial charge in [-0.2, -0.15) is 0 Å². The lowest BCUT2D eigenvalue weighted by atomic mass is 10.0. The van der Waals surface area contributed by atoms with Gasteiger partial charge in [-0.15, -0.1) is 0 Å². The summed E-state index contributed by atoms with van der Waals surface area (Å²) >= 11 is 0. The van der Waals surface area contributed by atoms with Gasteiger partial charge in [-0.1, -0.05) is 18.2 Å². The van der Waals surface area contributed by atoms with E-state index in [0.717, 1.165) is 5.39 Å². The van der Waals surface area contributed by atoms with Crippen LogP contribution in [0.4, 0.5) is 0 Å². The predicted molar refractivity (Wildman–Crippen MR) is 74.4 cm³/mol. The first-order valence-electron chi connectivity index (χ1n) is 5.84. The Balaban J connectivity index is 0.000000422. The van der Waals surface area contributed by atoms with E-state index in [9.17, 15) is 9.59 Å². The SMILES string of the molecule is NC(Cc1cc(=O)[nH]c2ccccc12)C(=O)O.O=S(=O)([O-])[O-]. The summed E-state index contributed by atoms with van der Waals surface area (Å²) in [7, 11) is -5.17. The van der Waals surface area contributed by atoms with E-state index in [0.29, 0.717) is 11.1 Å². The van der Waals surface area contributed by atoms with Gasteiger partial charge < -0.3 is 24.9 Å². The Morgan fingerprint density at radius 2 is 1.86 bits per heavy atom. The summed E-state index contributed by atoms with van der Waals surface area (Å²) in [6.45, 7) is 0. The fourth-order valence-corrected chi connectivity index (χ4v) is 1.77. The molecule has 1 unspecified atom stereocenters. The number of hydrogen-bond acceptors (Lipinski definition) is 7. The van der Waals surface area contributed by atoms with E-state index in [1.165, 1.54) is 6.07 Å². The number of carboxylic acids is 1. The fourth-order valence-electron chi connectivity index (χ4n) is 1.77. The summed E-state index contributed by atoms with van der Waals surface area (Å²) in [4.78, 5) is 24.8. The largest absolute Gasteiger partial charge is 0.759 e. The third kappa shape index (κ3) is 6.01. The van der Waals surface area contributed by atoms with Gasteiger partial charge in [-0.25, -0.2) is 0 Å². The van der Waals surface area contributed by atoms with Crippen molar-refractivity contribution in [2.45, 2.75) is 12.5 Å². The highest BCUT2D eigenvalue weighted by molar-refractivity contribution is 7.79. The number of pyridine rings is 1. The van der Waals surface area contributed by atoms with Gasteiger partial charge in [-0.05, 0) is 18.1 Å². The number of rotatable bonds is 3. The topological polar surface area (TPSA) is 176 Å². The van der Waals surface area contributed by atoms with Crippen LogP contribution in [-0.4, -0.2) is 39.6 Å². The molecule has 10 heteroatoms. The van der Waals surface area contributed by atoms with Crippen LogP contribution in [0, 0.1) is 0 Å². The monoisotopic (exact) mass is 328 g/mol. The number of carboxylic acid groups (broad SMARTS) is 1. The van der Waals surface area contributed by atoms with Crippen LogP contribution in [0.5, 0.6) is 0 Å². The third-order valence-corrected chi connectivity index (χ3v) is 2.59. The average molecular weight is 328 g/mol. The summed E-state index contributed by atoms with van der Waals surface area (Å²) in [5.41, 5.74) is 6.56. The summed E-state index contributed by atoms with van der Waals surface area (Å²) in [6, 6.07) is 7.63. The summed E-state index contributed by atoms with van der Waals surface area (Å²) in [5, 5.41) is 9.60. The molecule has 0 fully saturated rings. The lowest BCUT2D eigenvalue weighted by molar-refractivity contribution is -0.138. The molecule has 120 valence electrons. The van der Waals surface area contributed by atoms with Gasteiger partial charge in [0.2, 0.25) is 5.56 Å². The molecular weight excluding hydrogens is 316 g/mol. The maximum Gasteiger partial charge on any atom is 0.320 e. The van der Waals surface area contributed by atoms with Crippen molar-refractivity contribution < 1.29 is 27.4 Å². The van der Waals surface area contributed by atoms with Crippen molar-refractivity contribution in [1.82, 2.24) is 4.98 Å². The molecule has 1 atom stereocenters. The number of nitrogens with two attached hydrogens (primary N) is 1. The maximum atomic E-state index is 11.4. The van der Waals surface area contributed by atoms with Gasteiger partial charge in [0.1, 0.15) is 6.04 Å². The second-order valence-corrected chi connectivity index (χ2v) is 5.08. The molecule has 0 aliphatic rings. The highest BCUT2D eigenvalue weighted by Crippen LogP contribution is 2.15. The number of nitrogens with one attached hydrogen (secondary N) is 1. The highest BCUT2D eigenvalue weighted by atomic mass is 32.3. The molecule has 4 N–H and O–H groups in total. The van der Waals surface area contributed by atoms with Crippen molar-refractivity contribution in [2.75, 3.05) is 0 Å². The van der Waals surface area contributed by atoms with Crippen molar-refractivity contribution >= 4 is 27.3 Å². The molecule has 0 bridgehead atoms. The van der Waals surface area contributed by atoms with Crippen LogP contribution in [0.1, 0.15) is 5.56 Å². The Morgan fingerprint density at radius 1 is 1.32 bits per heavy atom. The quantitative estimate of drug-likeness (QED) is 0.481. The van der Waals surface area contributed by atoms with Gasteiger partial charge in [0.25, 0.3) is 0 Å². The van der Waals surface area contributed by atoms with Gasteiger partial charge in [0.05, 0.1) is 0 Å². The first kappa shape index (κ1) is 17.8. The number of fused-ring (bicyclic) bond motifs is 1. The predicted octanol–water partition coefficient (Wildman–Crippen LogP) is -0.855. The zero-order chi connectivity index (χ0) is 16.9. The van der Waals surface area contributed by atoms with Crippen LogP contribution in [0.3, 0.4) is 0 Å². The van der Waals surface area contributed by atoms with E-state index in [-0.39, 0.29) is 12.0 Å². The number of hydrogen-bond donors (Lipinski definition) is 3. The van der Waals surface area contributed by atoms with Crippen molar-refractivity contribution in [2.24, 2.45) is 5.73 Å². The zero-order valence-corrected chi connectivity index (χ0v) is 11.9. The molecule has 1 aromatic heterocycles. The Labute approximate surface area is 125 Å². The highest BCUT2D eigenvalue weighted by Gasteiger charge is 2.14. The van der Waals surface area contributed by atoms with E-state index >= 15 is 0 Å². The van der Waals surface area contributed by atoms with Crippen molar-refractivity contribution in [3.05, 3.63) is 46.2 Å². The van der Waals surface area contributed by atoms with Crippen LogP contribution in [0.25, 0.3) is 10.9 Å². The first-order chi connectivity index (χ1) is 10.1. The third-order valence-electron chi connectivity index (χ3n) is 2.59. The Morgan fingerprint density at radius 3 is 2.41 bits per heavy atom. The molecule has 0 spiro atoms. The number of aromatic amines is 1. The van der Waals surface area contributed by atoms with Crippen molar-refractivity contribution in [3.63, 3.8) is 0 Å². The lowest BCUT2D eigenvalue weighted by Crippen LogP contribution is -2.32. The Bertz CT molecular complexity index is 821. The number of carbonyl (C=O) groups is 1. The molecule has 1 aromatic carbocycles. The van der Waals surface area contributed by atoms with Crippen LogP contribution in [0.2, 0.25) is 0 Å². The first-order valence-corrected chi connectivity index (χ1v) is 7.17. The number of para-hydroxylation sites is 1. The lowest BCUT2D eigenvalue weighted by Gasteiger charge is -2.09. The smallest absolute Gasteiger partial charge is 0.320 e. The van der Waals surface area contributed by atoms with E-state index in [1.54, 1.807) is 12.1 Å². The van der Waals surface area contributed by atoms with Crippen LogP contribution < -0.4 is 11.3 Å². The standard InChI is InChI=1S/C12H12N2O3.H2O4S/c13-9(12(16)17)5-7-6-11(15)14-10-4-2-1-3-8(7)10;1-5(2,3)4/h1-4,6,9H,5,13H2,(H,14,15)(H,16,17);(H2,1,2,3,4)/p-2. The molecule has 9 nitrogen and oxygen atoms in total. The minimum Gasteiger partial charge on any atom is -0.759 e. The minimum absolute atomic E-state index is 0.139. The summed E-state index contributed by atoms with van der Waals surface area (Å²) in [5.74, 6) is -1.07. The molecule has 1 heterocycles. The molecule has 2 rings (SSSR count). The second-order valence-electron chi connectivity index (χ2n) is 4.26. The summed E-state index contributed by atoms with van der Waals surface area (Å²) in [6.07, 6.45) is 0.139. The van der Waals surface area contributed by atoms with Gasteiger partial charge in [-0.3, -0.25) is 18.0 Å². The van der Waals surface area contributed by atoms with Gasteiger partial charge in [0.15, 0.2) is 0 Å². The molecule has 0 aliphatic carbocycles. The Kier molecular flexibility index (Phi) is 5.77. The molecule has 2 aromatic rings. The molecule has 0 aliphatic heterocycles. The molecule has 0 radical (unpaired) electrons. The average Bonchev–Trinajstić information content (AvgIpc) is 2.36. The van der Waals surface area contributed by atoms with E-state index < -0.39 is 22.4 Å². The van der Waals surface area contributed by atoms with Crippen LogP contribution in [-0.2, 0) is 21.6 Å². The van der Waals surface area contributed by atoms with E-state index in [2.05, 4.69) is 4.98 Å². The van der Waals surface area contributed by atoms with Crippen LogP contribution in [0.15, 0.2) is 35.1 Å². The van der Waals surface area contributed by atoms with Crippen molar-refractivity contribution in [1.29, 1.82) is 0 Å². The second kappa shape index (κ2) is 7.13. The van der Waals surface area contributed by atoms with Gasteiger partial charge in [0, 0.05) is 27.4 Å². The number of aliphatic carboxylic acids is 1. The summed E-state index contributed by atoms with van der Waals surface area (Å²) < 4.78 is 34.1. The Hall–Kier alpha value is -2.27. The number of H-pyrrole nitrogens is 1. The van der Waals surface area contributed by atoms with Crippen molar-refractivity contribution in [3.8, 4) is 0 Å². The normalized spacial score (nSPS) is 12.3. The van der Waals surface area contributed by atoms with E-state index in [1.807, 2.05) is 12.1 Å². The molecule has 0 saturated carbocycles. The molecular formula is C12H12N2O7S-2. The molecule has 22 heavy (non-hydrogen) atoms. The maximum absolute atomic E-state index is 11.4. The molecule has 0 amide bonds. The fraction of sp³-hybridized carbons (Fsp3) is 0.167.